The number of benzene rings is 1. The summed E-state index contributed by atoms with van der Waals surface area (Å²) in [5.74, 6) is 0. The van der Waals surface area contributed by atoms with Crippen molar-refractivity contribution in [2.45, 2.75) is 19.4 Å². The fourth-order valence-corrected chi connectivity index (χ4v) is 2.81. The number of nitriles is 3. The van der Waals surface area contributed by atoms with Gasteiger partial charge in [-0.2, -0.15) is 15.8 Å². The normalized spacial score (nSPS) is 21.9. The number of nitrogens with two attached hydrogens (primary N) is 1. The molecule has 2 rings (SSSR count). The molecule has 0 spiro atoms. The third-order valence-corrected chi connectivity index (χ3v) is 4.24. The predicted octanol–water partition coefficient (Wildman–Crippen LogP) is 2.05. The summed E-state index contributed by atoms with van der Waals surface area (Å²) in [5, 5.41) is 39.4. The highest BCUT2D eigenvalue weighted by Crippen LogP contribution is 2.49. The minimum atomic E-state index is -1.90. The van der Waals surface area contributed by atoms with Crippen LogP contribution in [-0.4, -0.2) is 10.6 Å². The number of rotatable bonds is 2. The van der Waals surface area contributed by atoms with Crippen LogP contribution in [0.15, 0.2) is 40.5 Å². The largest absolute Gasteiger partial charge is 0.399 e. The molecule has 1 heterocycles. The Kier molecular flexibility index (Phi) is 3.82. The van der Waals surface area contributed by atoms with E-state index in [0.717, 1.165) is 0 Å². The monoisotopic (exact) mass is 320 g/mol. The van der Waals surface area contributed by atoms with Crippen molar-refractivity contribution < 1.29 is 4.92 Å². The molecular formula is C16H12N6O2. The van der Waals surface area contributed by atoms with E-state index in [-0.39, 0.29) is 17.0 Å². The van der Waals surface area contributed by atoms with Gasteiger partial charge in [0.2, 0.25) is 5.41 Å². The van der Waals surface area contributed by atoms with Gasteiger partial charge >= 0.3 is 0 Å². The van der Waals surface area contributed by atoms with Gasteiger partial charge in [0.15, 0.2) is 0 Å². The maximum absolute atomic E-state index is 10.8. The van der Waals surface area contributed by atoms with Crippen molar-refractivity contribution >= 4 is 11.4 Å². The Balaban J connectivity index is 2.78. The highest BCUT2D eigenvalue weighted by molar-refractivity contribution is 6.04. The van der Waals surface area contributed by atoms with Crippen LogP contribution in [0.3, 0.4) is 0 Å². The lowest BCUT2D eigenvalue weighted by Crippen LogP contribution is -2.48. The van der Waals surface area contributed by atoms with Crippen LogP contribution in [0.2, 0.25) is 0 Å². The maximum Gasteiger partial charge on any atom is 0.269 e. The van der Waals surface area contributed by atoms with E-state index in [1.165, 1.54) is 24.3 Å². The van der Waals surface area contributed by atoms with Crippen molar-refractivity contribution in [1.29, 1.82) is 15.8 Å². The second-order valence-corrected chi connectivity index (χ2v) is 5.45. The van der Waals surface area contributed by atoms with Crippen LogP contribution in [0.25, 0.3) is 0 Å². The van der Waals surface area contributed by atoms with Crippen molar-refractivity contribution in [2.24, 2.45) is 16.1 Å². The summed E-state index contributed by atoms with van der Waals surface area (Å²) < 4.78 is 0. The fraction of sp³-hybridized carbons (Fsp3) is 0.250. The summed E-state index contributed by atoms with van der Waals surface area (Å²) in [6.07, 6.45) is 0. The summed E-state index contributed by atoms with van der Waals surface area (Å²) in [4.78, 5) is 14.7. The third-order valence-electron chi connectivity index (χ3n) is 4.24. The Morgan fingerprint density at radius 2 is 1.75 bits per heavy atom. The molecule has 1 aromatic rings. The number of nitro benzene ring substituents is 1. The first-order valence-corrected chi connectivity index (χ1v) is 6.82. The number of hydrogen-bond acceptors (Lipinski definition) is 7. The van der Waals surface area contributed by atoms with E-state index in [1.54, 1.807) is 13.8 Å². The lowest BCUT2D eigenvalue weighted by atomic mass is 9.64. The molecule has 0 unspecified atom stereocenters. The van der Waals surface area contributed by atoms with Crippen LogP contribution >= 0.6 is 0 Å². The number of allylic oxidation sites excluding steroid dienone is 1. The molecule has 1 aromatic carbocycles. The van der Waals surface area contributed by atoms with Crippen LogP contribution in [0.4, 0.5) is 5.69 Å². The summed E-state index contributed by atoms with van der Waals surface area (Å²) in [7, 11) is 0. The Morgan fingerprint density at radius 3 is 2.17 bits per heavy atom. The van der Waals surface area contributed by atoms with Crippen LogP contribution < -0.4 is 5.73 Å². The summed E-state index contributed by atoms with van der Waals surface area (Å²) in [6.45, 7) is 3.11. The lowest BCUT2D eigenvalue weighted by molar-refractivity contribution is -0.384. The fourth-order valence-electron chi connectivity index (χ4n) is 2.81. The van der Waals surface area contributed by atoms with E-state index >= 15 is 0 Å². The zero-order chi connectivity index (χ0) is 18.1. The topological polar surface area (TPSA) is 153 Å². The Hall–Kier alpha value is -3.70. The molecule has 118 valence electrons. The average molecular weight is 320 g/mol. The molecule has 2 N–H and O–H groups in total. The van der Waals surface area contributed by atoms with Gasteiger partial charge in [0.25, 0.3) is 5.69 Å². The zero-order valence-electron chi connectivity index (χ0n) is 12.9. The molecule has 0 radical (unpaired) electrons. The number of nitro groups is 1. The SMILES string of the molecule is CC1=N[C@@](C)(c2ccc([N+](=O)[O-])cc2)C(C#N)(C#N)C(N)=C1C#N. The Morgan fingerprint density at radius 1 is 1.21 bits per heavy atom. The Labute approximate surface area is 137 Å². The lowest BCUT2D eigenvalue weighted by Gasteiger charge is -2.40. The second kappa shape index (κ2) is 5.49. The second-order valence-electron chi connectivity index (χ2n) is 5.45. The number of aliphatic imine (C=N–C) groups is 1. The van der Waals surface area contributed by atoms with Gasteiger partial charge in [-0.15, -0.1) is 0 Å². The first-order valence-electron chi connectivity index (χ1n) is 6.82. The van der Waals surface area contributed by atoms with Gasteiger partial charge < -0.3 is 5.73 Å². The quantitative estimate of drug-likeness (QED) is 0.649. The molecule has 0 aliphatic carbocycles. The predicted molar refractivity (Wildman–Crippen MR) is 84.0 cm³/mol. The minimum absolute atomic E-state index is 0.00233. The van der Waals surface area contributed by atoms with Crippen LogP contribution in [-0.2, 0) is 5.54 Å². The number of nitrogens with zero attached hydrogens (tertiary/aromatic N) is 5. The highest BCUT2D eigenvalue weighted by atomic mass is 16.6. The molecule has 8 heteroatoms. The first-order chi connectivity index (χ1) is 11.3. The van der Waals surface area contributed by atoms with Gasteiger partial charge in [-0.3, -0.25) is 15.1 Å². The molecule has 8 nitrogen and oxygen atoms in total. The Bertz CT molecular complexity index is 894. The van der Waals surface area contributed by atoms with E-state index in [0.29, 0.717) is 11.3 Å². The summed E-state index contributed by atoms with van der Waals surface area (Å²) in [5.41, 5.74) is 3.12. The average Bonchev–Trinajstić information content (AvgIpc) is 2.56. The van der Waals surface area contributed by atoms with Gasteiger partial charge in [0.1, 0.15) is 11.6 Å². The third kappa shape index (κ3) is 2.00. The summed E-state index contributed by atoms with van der Waals surface area (Å²) in [6, 6.07) is 11.1. The molecule has 0 amide bonds. The molecule has 1 aliphatic heterocycles. The van der Waals surface area contributed by atoms with E-state index in [2.05, 4.69) is 4.99 Å². The van der Waals surface area contributed by atoms with Crippen molar-refractivity contribution in [2.75, 3.05) is 0 Å². The molecule has 0 aromatic heterocycles. The molecule has 1 aliphatic rings. The van der Waals surface area contributed by atoms with Gasteiger partial charge in [0.05, 0.1) is 34.0 Å². The van der Waals surface area contributed by atoms with E-state index in [4.69, 9.17) is 5.73 Å². The molecule has 0 bridgehead atoms. The molecule has 24 heavy (non-hydrogen) atoms. The van der Waals surface area contributed by atoms with Crippen LogP contribution in [0.1, 0.15) is 19.4 Å². The molecule has 1 atom stereocenters. The standard InChI is InChI=1S/C16H12N6O2/c1-10-13(7-17)14(20)16(8-18,9-19)15(2,21-10)11-3-5-12(6-4-11)22(23)24/h3-6H,20H2,1-2H3/t15-/m0/s1. The van der Waals surface area contributed by atoms with Gasteiger partial charge in [0, 0.05) is 12.1 Å². The van der Waals surface area contributed by atoms with Crippen LogP contribution in [0, 0.1) is 49.5 Å². The molecular weight excluding hydrogens is 308 g/mol. The zero-order valence-corrected chi connectivity index (χ0v) is 12.9. The van der Waals surface area contributed by atoms with Crippen molar-refractivity contribution in [3.05, 3.63) is 51.2 Å². The van der Waals surface area contributed by atoms with Gasteiger partial charge in [-0.05, 0) is 31.5 Å². The maximum atomic E-state index is 10.8. The number of non-ortho nitro benzene ring substituents is 1. The van der Waals surface area contributed by atoms with Gasteiger partial charge in [-0.1, -0.05) is 0 Å². The summed E-state index contributed by atoms with van der Waals surface area (Å²) >= 11 is 0. The van der Waals surface area contributed by atoms with Crippen molar-refractivity contribution in [3.63, 3.8) is 0 Å². The molecule has 0 saturated heterocycles. The van der Waals surface area contributed by atoms with Crippen LogP contribution in [0.5, 0.6) is 0 Å². The smallest absolute Gasteiger partial charge is 0.269 e. The highest BCUT2D eigenvalue weighted by Gasteiger charge is 2.56. The van der Waals surface area contributed by atoms with Crippen molar-refractivity contribution in [1.82, 2.24) is 0 Å². The molecule has 0 fully saturated rings. The first kappa shape index (κ1) is 16.7. The minimum Gasteiger partial charge on any atom is -0.399 e. The van der Waals surface area contributed by atoms with Crippen molar-refractivity contribution in [3.8, 4) is 18.2 Å². The number of hydrogen-bond donors (Lipinski definition) is 1. The van der Waals surface area contributed by atoms with E-state index < -0.39 is 15.9 Å². The van der Waals surface area contributed by atoms with Gasteiger partial charge in [-0.25, -0.2) is 0 Å². The number of dihydropyridines is 1. The van der Waals surface area contributed by atoms with E-state index in [1.807, 2.05) is 18.2 Å². The molecule has 0 saturated carbocycles. The van der Waals surface area contributed by atoms with E-state index in [9.17, 15) is 25.9 Å².